The van der Waals surface area contributed by atoms with Crippen molar-refractivity contribution in [3.63, 3.8) is 0 Å². The van der Waals surface area contributed by atoms with E-state index in [-0.39, 0.29) is 36.5 Å². The van der Waals surface area contributed by atoms with Gasteiger partial charge in [-0.3, -0.25) is 14.4 Å². The summed E-state index contributed by atoms with van der Waals surface area (Å²) in [7, 11) is 0. The highest BCUT2D eigenvalue weighted by molar-refractivity contribution is 7.99. The summed E-state index contributed by atoms with van der Waals surface area (Å²) in [6, 6.07) is 11.0. The molecule has 0 spiro atoms. The molecule has 1 N–H and O–H groups in total. The first-order chi connectivity index (χ1) is 12.9. The summed E-state index contributed by atoms with van der Waals surface area (Å²) in [6.45, 7) is 1.43. The predicted octanol–water partition coefficient (Wildman–Crippen LogP) is 3.79. The SMILES string of the molecule is C[C@H]1C(=O)Nc2ccc(C(=O)COC(=O)CCSc3ccc(F)cc3)cc21. The van der Waals surface area contributed by atoms with Crippen LogP contribution in [0.15, 0.2) is 47.4 Å². The molecule has 1 amide bonds. The minimum absolute atomic E-state index is 0.0975. The molecule has 0 aliphatic carbocycles. The zero-order chi connectivity index (χ0) is 19.4. The Morgan fingerprint density at radius 2 is 1.93 bits per heavy atom. The van der Waals surface area contributed by atoms with E-state index < -0.39 is 5.97 Å². The first kappa shape index (κ1) is 19.1. The van der Waals surface area contributed by atoms with Crippen molar-refractivity contribution in [2.45, 2.75) is 24.2 Å². The number of rotatable bonds is 7. The zero-order valence-corrected chi connectivity index (χ0v) is 15.5. The van der Waals surface area contributed by atoms with E-state index in [4.69, 9.17) is 4.74 Å². The van der Waals surface area contributed by atoms with Gasteiger partial charge in [0.05, 0.1) is 12.3 Å². The number of halogens is 1. The van der Waals surface area contributed by atoms with Gasteiger partial charge in [0.25, 0.3) is 0 Å². The van der Waals surface area contributed by atoms with Crippen molar-refractivity contribution in [1.82, 2.24) is 0 Å². The number of ketones is 1. The third kappa shape index (κ3) is 4.74. The number of ether oxygens (including phenoxy) is 1. The first-order valence-electron chi connectivity index (χ1n) is 8.46. The molecule has 0 unspecified atom stereocenters. The van der Waals surface area contributed by atoms with Crippen LogP contribution in [0.5, 0.6) is 0 Å². The van der Waals surface area contributed by atoms with Crippen LogP contribution in [-0.2, 0) is 14.3 Å². The summed E-state index contributed by atoms with van der Waals surface area (Å²) in [4.78, 5) is 36.6. The van der Waals surface area contributed by atoms with Gasteiger partial charge in [0.1, 0.15) is 5.82 Å². The van der Waals surface area contributed by atoms with E-state index in [1.54, 1.807) is 37.3 Å². The summed E-state index contributed by atoms with van der Waals surface area (Å²) < 4.78 is 17.9. The number of Topliss-reactive ketones (excluding diaryl/α,β-unsaturated/α-hetero) is 1. The lowest BCUT2D eigenvalue weighted by atomic mass is 9.99. The lowest BCUT2D eigenvalue weighted by Crippen LogP contribution is -2.14. The molecule has 0 radical (unpaired) electrons. The highest BCUT2D eigenvalue weighted by atomic mass is 32.2. The third-order valence-corrected chi connectivity index (χ3v) is 5.26. The minimum Gasteiger partial charge on any atom is -0.457 e. The van der Waals surface area contributed by atoms with Crippen molar-refractivity contribution in [3.05, 3.63) is 59.4 Å². The monoisotopic (exact) mass is 387 g/mol. The van der Waals surface area contributed by atoms with Crippen LogP contribution >= 0.6 is 11.8 Å². The average Bonchev–Trinajstić information content (AvgIpc) is 2.95. The Balaban J connectivity index is 1.45. The Hall–Kier alpha value is -2.67. The molecule has 1 atom stereocenters. The number of anilines is 1. The van der Waals surface area contributed by atoms with E-state index in [9.17, 15) is 18.8 Å². The molecule has 5 nitrogen and oxygen atoms in total. The smallest absolute Gasteiger partial charge is 0.307 e. The average molecular weight is 387 g/mol. The molecule has 0 bridgehead atoms. The van der Waals surface area contributed by atoms with Crippen LogP contribution < -0.4 is 5.32 Å². The number of carbonyl (C=O) groups is 3. The fraction of sp³-hybridized carbons (Fsp3) is 0.250. The summed E-state index contributed by atoms with van der Waals surface area (Å²) in [5.41, 5.74) is 1.89. The van der Waals surface area contributed by atoms with Crippen molar-refractivity contribution in [1.29, 1.82) is 0 Å². The predicted molar refractivity (Wildman–Crippen MR) is 101 cm³/mol. The summed E-state index contributed by atoms with van der Waals surface area (Å²) >= 11 is 1.41. The van der Waals surface area contributed by atoms with Gasteiger partial charge >= 0.3 is 5.97 Å². The molecule has 1 aliphatic rings. The summed E-state index contributed by atoms with van der Waals surface area (Å²) in [6.07, 6.45) is 0.148. The second-order valence-electron chi connectivity index (χ2n) is 6.15. The maximum absolute atomic E-state index is 12.8. The van der Waals surface area contributed by atoms with Crippen LogP contribution in [-0.4, -0.2) is 30.0 Å². The Kier molecular flexibility index (Phi) is 5.91. The van der Waals surface area contributed by atoms with Crippen LogP contribution in [0.25, 0.3) is 0 Å². The number of benzene rings is 2. The standard InChI is InChI=1S/C20H18FNO4S/c1-12-16-10-13(2-7-17(16)22-20(12)25)18(23)11-26-19(24)8-9-27-15-5-3-14(21)4-6-15/h2-7,10,12H,8-9,11H2,1H3,(H,22,25)/t12-/m1/s1. The molecule has 0 aromatic heterocycles. The first-order valence-corrected chi connectivity index (χ1v) is 9.44. The molecule has 0 fully saturated rings. The number of hydrogen-bond donors (Lipinski definition) is 1. The molecule has 2 aromatic rings. The molecular weight excluding hydrogens is 369 g/mol. The van der Waals surface area contributed by atoms with Gasteiger partial charge in [0.15, 0.2) is 12.4 Å². The van der Waals surface area contributed by atoms with Crippen LogP contribution in [0.1, 0.15) is 35.2 Å². The maximum Gasteiger partial charge on any atom is 0.307 e. The maximum atomic E-state index is 12.8. The van der Waals surface area contributed by atoms with E-state index in [1.807, 2.05) is 0 Å². The third-order valence-electron chi connectivity index (χ3n) is 4.24. The van der Waals surface area contributed by atoms with Gasteiger partial charge in [-0.15, -0.1) is 11.8 Å². The van der Waals surface area contributed by atoms with Crippen molar-refractivity contribution in [2.24, 2.45) is 0 Å². The van der Waals surface area contributed by atoms with E-state index in [2.05, 4.69) is 5.32 Å². The van der Waals surface area contributed by atoms with Gasteiger partial charge in [0.2, 0.25) is 5.91 Å². The van der Waals surface area contributed by atoms with Crippen LogP contribution in [0.2, 0.25) is 0 Å². The zero-order valence-electron chi connectivity index (χ0n) is 14.7. The molecule has 1 aliphatic heterocycles. The van der Waals surface area contributed by atoms with Crippen LogP contribution in [0.4, 0.5) is 10.1 Å². The van der Waals surface area contributed by atoms with E-state index in [1.165, 1.54) is 23.9 Å². The van der Waals surface area contributed by atoms with E-state index >= 15 is 0 Å². The van der Waals surface area contributed by atoms with Gasteiger partial charge in [0, 0.05) is 21.9 Å². The number of esters is 1. The highest BCUT2D eigenvalue weighted by Crippen LogP contribution is 2.32. The number of carbonyl (C=O) groups excluding carboxylic acids is 3. The molecule has 7 heteroatoms. The van der Waals surface area contributed by atoms with Gasteiger partial charge in [-0.25, -0.2) is 4.39 Å². The lowest BCUT2D eigenvalue weighted by molar-refractivity contribution is -0.142. The van der Waals surface area contributed by atoms with Crippen molar-refractivity contribution in [3.8, 4) is 0 Å². The highest BCUT2D eigenvalue weighted by Gasteiger charge is 2.27. The van der Waals surface area contributed by atoms with Gasteiger partial charge in [-0.05, 0) is 55.0 Å². The normalized spacial score (nSPS) is 15.2. The number of hydrogen-bond acceptors (Lipinski definition) is 5. The van der Waals surface area contributed by atoms with Crippen LogP contribution in [0, 0.1) is 5.82 Å². The minimum atomic E-state index is -0.468. The topological polar surface area (TPSA) is 72.5 Å². The van der Waals surface area contributed by atoms with E-state index in [0.29, 0.717) is 17.0 Å². The molecule has 3 rings (SSSR count). The van der Waals surface area contributed by atoms with Crippen molar-refractivity contribution >= 4 is 35.1 Å². The lowest BCUT2D eigenvalue weighted by Gasteiger charge is -2.07. The quantitative estimate of drug-likeness (QED) is 0.445. The molecule has 27 heavy (non-hydrogen) atoms. The molecule has 0 saturated heterocycles. The number of fused-ring (bicyclic) bond motifs is 1. The number of amides is 1. The second kappa shape index (κ2) is 8.35. The Morgan fingerprint density at radius 1 is 1.19 bits per heavy atom. The molecule has 0 saturated carbocycles. The summed E-state index contributed by atoms with van der Waals surface area (Å²) in [5.74, 6) is -1.02. The van der Waals surface area contributed by atoms with Gasteiger partial charge in [-0.2, -0.15) is 0 Å². The van der Waals surface area contributed by atoms with Crippen molar-refractivity contribution < 1.29 is 23.5 Å². The Labute approximate surface area is 160 Å². The fourth-order valence-corrected chi connectivity index (χ4v) is 3.51. The summed E-state index contributed by atoms with van der Waals surface area (Å²) in [5, 5.41) is 2.74. The fourth-order valence-electron chi connectivity index (χ4n) is 2.68. The van der Waals surface area contributed by atoms with E-state index in [0.717, 1.165) is 10.5 Å². The Bertz CT molecular complexity index is 882. The Morgan fingerprint density at radius 3 is 2.67 bits per heavy atom. The van der Waals surface area contributed by atoms with Gasteiger partial charge in [-0.1, -0.05) is 0 Å². The molecule has 140 valence electrons. The van der Waals surface area contributed by atoms with Crippen molar-refractivity contribution in [2.75, 3.05) is 17.7 Å². The largest absolute Gasteiger partial charge is 0.457 e. The van der Waals surface area contributed by atoms with Crippen LogP contribution in [0.3, 0.4) is 0 Å². The second-order valence-corrected chi connectivity index (χ2v) is 7.32. The molecule has 2 aromatic carbocycles. The number of nitrogens with one attached hydrogen (secondary N) is 1. The molecular formula is C20H18FNO4S. The number of thioether (sulfide) groups is 1. The molecule has 1 heterocycles. The van der Waals surface area contributed by atoms with Gasteiger partial charge < -0.3 is 10.1 Å².